The molecule has 2 atom stereocenters. The average Bonchev–Trinajstić information content (AvgIpc) is 2.93. The number of hydrogen-bond donors (Lipinski definition) is 3. The molecule has 2 fully saturated rings. The van der Waals surface area contributed by atoms with E-state index in [9.17, 15) is 5.11 Å². The van der Waals surface area contributed by atoms with Crippen LogP contribution in [-0.4, -0.2) is 42.0 Å². The zero-order valence-corrected chi connectivity index (χ0v) is 11.8. The molecule has 1 aliphatic carbocycles. The van der Waals surface area contributed by atoms with E-state index in [4.69, 9.17) is 10.5 Å². The highest BCUT2D eigenvalue weighted by atomic mass is 127. The third kappa shape index (κ3) is 3.46. The van der Waals surface area contributed by atoms with Crippen molar-refractivity contribution in [1.29, 1.82) is 0 Å². The van der Waals surface area contributed by atoms with Crippen LogP contribution in [0.5, 0.6) is 0 Å². The fourth-order valence-electron chi connectivity index (χ4n) is 1.68. The summed E-state index contributed by atoms with van der Waals surface area (Å²) in [4.78, 5) is 4.16. The van der Waals surface area contributed by atoms with Gasteiger partial charge in [0.1, 0.15) is 5.60 Å². The number of nitrogens with zero attached hydrogens (tertiary/aromatic N) is 1. The van der Waals surface area contributed by atoms with Crippen LogP contribution in [0.3, 0.4) is 0 Å². The van der Waals surface area contributed by atoms with Gasteiger partial charge in [-0.05, 0) is 19.8 Å². The molecule has 0 aromatic rings. The molecule has 2 rings (SSSR count). The number of nitrogens with two attached hydrogens (primary N) is 1. The molecule has 1 saturated heterocycles. The molecule has 1 aliphatic heterocycles. The largest absolute Gasteiger partial charge is 0.385 e. The molecule has 1 heterocycles. The first kappa shape index (κ1) is 14.0. The van der Waals surface area contributed by atoms with E-state index in [2.05, 4.69) is 10.3 Å². The van der Waals surface area contributed by atoms with E-state index in [1.165, 1.54) is 12.8 Å². The first-order chi connectivity index (χ1) is 7.10. The molecule has 0 amide bonds. The summed E-state index contributed by atoms with van der Waals surface area (Å²) in [7, 11) is 0. The van der Waals surface area contributed by atoms with Crippen molar-refractivity contribution in [2.24, 2.45) is 10.7 Å². The number of aliphatic hydroxyl groups is 1. The van der Waals surface area contributed by atoms with Crippen LogP contribution >= 0.6 is 24.0 Å². The molecule has 1 saturated carbocycles. The van der Waals surface area contributed by atoms with Crippen LogP contribution in [0.25, 0.3) is 0 Å². The molecule has 0 bridgehead atoms. The van der Waals surface area contributed by atoms with Gasteiger partial charge in [-0.15, -0.1) is 24.0 Å². The normalized spacial score (nSPS) is 34.6. The summed E-state index contributed by atoms with van der Waals surface area (Å²) in [5, 5.41) is 13.2. The van der Waals surface area contributed by atoms with Gasteiger partial charge in [-0.2, -0.15) is 0 Å². The van der Waals surface area contributed by atoms with Crippen molar-refractivity contribution in [3.63, 3.8) is 0 Å². The molecule has 0 aromatic heterocycles. The highest BCUT2D eigenvalue weighted by molar-refractivity contribution is 14.0. The lowest BCUT2D eigenvalue weighted by molar-refractivity contribution is -0.0201. The summed E-state index contributed by atoms with van der Waals surface area (Å²) in [6.07, 6.45) is 2.81. The Bertz CT molecular complexity index is 271. The van der Waals surface area contributed by atoms with E-state index in [1.807, 2.05) is 6.92 Å². The zero-order valence-electron chi connectivity index (χ0n) is 9.48. The van der Waals surface area contributed by atoms with Crippen LogP contribution in [0.2, 0.25) is 0 Å². The second-order valence-corrected chi connectivity index (χ2v) is 4.49. The number of hydrogen-bond acceptors (Lipinski definition) is 3. The summed E-state index contributed by atoms with van der Waals surface area (Å²) in [5.74, 6) is 0.435. The molecular formula is C10H20IN3O2. The van der Waals surface area contributed by atoms with Crippen molar-refractivity contribution in [2.45, 2.75) is 43.9 Å². The minimum Gasteiger partial charge on any atom is -0.385 e. The molecule has 4 N–H and O–H groups in total. The van der Waals surface area contributed by atoms with E-state index in [0.717, 1.165) is 0 Å². The first-order valence-corrected chi connectivity index (χ1v) is 5.50. The summed E-state index contributed by atoms with van der Waals surface area (Å²) < 4.78 is 5.31. The Kier molecular flexibility index (Phi) is 4.81. The van der Waals surface area contributed by atoms with Gasteiger partial charge in [-0.3, -0.25) is 4.99 Å². The fourth-order valence-corrected chi connectivity index (χ4v) is 1.68. The van der Waals surface area contributed by atoms with Gasteiger partial charge in [0, 0.05) is 19.1 Å². The monoisotopic (exact) mass is 341 g/mol. The molecule has 0 aromatic carbocycles. The van der Waals surface area contributed by atoms with Crippen molar-refractivity contribution in [2.75, 3.05) is 13.2 Å². The average molecular weight is 341 g/mol. The Morgan fingerprint density at radius 1 is 1.62 bits per heavy atom. The zero-order chi connectivity index (χ0) is 10.9. The standard InChI is InChI=1S/C10H19N3O2.HI/c1-7-10(14,4-5-15-7)6-12-9(11)13-8-2-3-8;/h7-8,14H,2-6H2,1H3,(H3,11,12,13);1H. The number of ether oxygens (including phenoxy) is 1. The van der Waals surface area contributed by atoms with Crippen LogP contribution in [0.1, 0.15) is 26.2 Å². The lowest BCUT2D eigenvalue weighted by atomic mass is 9.97. The quantitative estimate of drug-likeness (QED) is 0.390. The lowest BCUT2D eigenvalue weighted by Gasteiger charge is -2.23. The van der Waals surface area contributed by atoms with Gasteiger partial charge in [0.2, 0.25) is 0 Å². The van der Waals surface area contributed by atoms with Crippen molar-refractivity contribution in [1.82, 2.24) is 5.32 Å². The highest BCUT2D eigenvalue weighted by Crippen LogP contribution is 2.25. The predicted molar refractivity (Wildman–Crippen MR) is 73.0 cm³/mol. The topological polar surface area (TPSA) is 79.9 Å². The smallest absolute Gasteiger partial charge is 0.188 e. The van der Waals surface area contributed by atoms with Crippen LogP contribution in [0.4, 0.5) is 0 Å². The minimum atomic E-state index is -0.837. The summed E-state index contributed by atoms with van der Waals surface area (Å²) >= 11 is 0. The summed E-state index contributed by atoms with van der Waals surface area (Å²) in [6.45, 7) is 2.79. The number of aliphatic imine (C=N–C) groups is 1. The van der Waals surface area contributed by atoms with Gasteiger partial charge in [-0.25, -0.2) is 0 Å². The summed E-state index contributed by atoms with van der Waals surface area (Å²) in [5.41, 5.74) is 4.85. The molecule has 16 heavy (non-hydrogen) atoms. The van der Waals surface area contributed by atoms with Crippen LogP contribution < -0.4 is 11.1 Å². The molecule has 6 heteroatoms. The van der Waals surface area contributed by atoms with E-state index in [-0.39, 0.29) is 30.1 Å². The van der Waals surface area contributed by atoms with Gasteiger partial charge in [0.05, 0.1) is 12.6 Å². The minimum absolute atomic E-state index is 0. The van der Waals surface area contributed by atoms with E-state index in [1.54, 1.807) is 0 Å². The fraction of sp³-hybridized carbons (Fsp3) is 0.900. The van der Waals surface area contributed by atoms with Crippen molar-refractivity contribution in [3.05, 3.63) is 0 Å². The van der Waals surface area contributed by atoms with Crippen LogP contribution in [0, 0.1) is 0 Å². The van der Waals surface area contributed by atoms with Gasteiger partial charge >= 0.3 is 0 Å². The maximum atomic E-state index is 10.1. The third-order valence-electron chi connectivity index (χ3n) is 3.11. The Morgan fingerprint density at radius 2 is 2.31 bits per heavy atom. The maximum Gasteiger partial charge on any atom is 0.188 e. The summed E-state index contributed by atoms with van der Waals surface area (Å²) in [6, 6.07) is 0.501. The Labute approximate surface area is 113 Å². The molecule has 0 radical (unpaired) electrons. The Morgan fingerprint density at radius 3 is 2.81 bits per heavy atom. The molecule has 2 aliphatic rings. The Hall–Kier alpha value is -0.0800. The Balaban J connectivity index is 0.00000128. The van der Waals surface area contributed by atoms with Crippen molar-refractivity contribution in [3.8, 4) is 0 Å². The van der Waals surface area contributed by atoms with E-state index in [0.29, 0.717) is 31.6 Å². The van der Waals surface area contributed by atoms with E-state index < -0.39 is 5.60 Å². The molecule has 0 spiro atoms. The van der Waals surface area contributed by atoms with Gasteiger partial charge in [0.25, 0.3) is 0 Å². The molecule has 94 valence electrons. The van der Waals surface area contributed by atoms with Crippen LogP contribution in [-0.2, 0) is 4.74 Å². The first-order valence-electron chi connectivity index (χ1n) is 5.50. The molecular weight excluding hydrogens is 321 g/mol. The number of rotatable bonds is 3. The molecule has 5 nitrogen and oxygen atoms in total. The second-order valence-electron chi connectivity index (χ2n) is 4.49. The third-order valence-corrected chi connectivity index (χ3v) is 3.11. The van der Waals surface area contributed by atoms with Crippen molar-refractivity contribution >= 4 is 29.9 Å². The van der Waals surface area contributed by atoms with Gasteiger partial charge in [0.15, 0.2) is 5.96 Å². The van der Waals surface area contributed by atoms with Crippen LogP contribution in [0.15, 0.2) is 4.99 Å². The number of guanidine groups is 1. The SMILES string of the molecule is CC1OCCC1(O)CN=C(N)NC1CC1.I. The molecule has 2 unspecified atom stereocenters. The highest BCUT2D eigenvalue weighted by Gasteiger charge is 2.39. The number of halogens is 1. The van der Waals surface area contributed by atoms with E-state index >= 15 is 0 Å². The maximum absolute atomic E-state index is 10.1. The predicted octanol–water partition coefficient (Wildman–Crippen LogP) is 0.211. The lowest BCUT2D eigenvalue weighted by Crippen LogP contribution is -2.41. The second kappa shape index (κ2) is 5.50. The van der Waals surface area contributed by atoms with Crippen molar-refractivity contribution < 1.29 is 9.84 Å². The number of nitrogens with one attached hydrogen (secondary N) is 1. The van der Waals surface area contributed by atoms with Gasteiger partial charge < -0.3 is 20.9 Å². The van der Waals surface area contributed by atoms with Gasteiger partial charge in [-0.1, -0.05) is 0 Å².